The number of benzene rings is 8. The summed E-state index contributed by atoms with van der Waals surface area (Å²) in [5.41, 5.74) is 14.5. The molecule has 0 aliphatic heterocycles. The Morgan fingerprint density at radius 2 is 0.612 bits per heavy atom. The number of methoxy groups -OCH3 is 1. The number of rotatable bonds is 15. The molecule has 0 atom stereocenters. The SMILES string of the molecule is C.CC.CC.CC.CC.CC.CC.CC.COc1ccc2nnc(Nc3ccccc3)n2n1.Cc1ccccc1.Clc1ccc2nnc(Nc3ccccc3)n2n1.Clc1ccc2nnc(Nc3ccccc3)n2n1.Clc1ccc2nnc(Nc3ccccc3)n2n1.NNc1ccc(Cl)nn1.O=C=Nc1ccccc1.[2HH].[I][V]([I])[I].[I][V][I].c1ccc(Cc2ccc3nnc(Nc4ccccc4)n3n2)cc1. The Morgan fingerprint density at radius 3 is 0.878 bits per heavy atom. The first kappa shape index (κ1) is 125. The first-order valence-corrected chi connectivity index (χ1v) is 67.1. The fourth-order valence-electron chi connectivity index (χ4n) is 10.0. The Labute approximate surface area is 901 Å². The Morgan fingerprint density at radius 1 is 0.353 bits per heavy atom. The topological polar surface area (TPSA) is 378 Å². The van der Waals surface area contributed by atoms with Crippen LogP contribution in [0.15, 0.2) is 320 Å². The number of nitrogens with zero attached hydrogens (tertiary/aromatic N) is 23. The van der Waals surface area contributed by atoms with E-state index in [1.165, 1.54) is 17.2 Å². The molecule has 19 rings (SSSR count). The standard InChI is InChI=1S/C18H15N5.C12H11N5O.3C11H8ClN5.C7H5NO.C7H8.C4H5ClN4.7C2H6.CH4.5HI.2V.H2/c1-3-7-14(8-4-1)13-16-11-12-17-20-21-18(23(17)22-16)19-15-9-5-2-6-10-15;1-18-11-8-7-10-14-15-12(17(10)16-11)13-9-5-3-2-4-6-9;3*12-9-6-7-10-14-15-11(17(10)16-9)13-8-4-2-1-3-5-8;9-6-8-7-4-2-1-3-5-7;1-7-5-3-2-4-6-7;5-3-1-2-4(7-6)9-8-3;7*1-2;;;;;;;;;/h1-12H,13H2,(H,19,21);2-8H,1H3,(H,13,15);3*1-7H,(H,13,15);1-5H;2-6H,1H3;1-2H,6H2,(H,7,9);7*1-2H3;1H4;5*1H;;;1H/q;;;;;;;;;;;;;;;;;;;;;+2;+3;/p-5/i;;;;;;;;;;;;;;;;;;;;;;;1+1. The van der Waals surface area contributed by atoms with Crippen LogP contribution in [0.3, 0.4) is 0 Å². The van der Waals surface area contributed by atoms with Crippen molar-refractivity contribution in [3.8, 4) is 5.88 Å². The van der Waals surface area contributed by atoms with Gasteiger partial charge in [0.25, 0.3) is 5.95 Å². The molecular formula is C96H116Cl4I5N30O2V2. The first-order valence-electron chi connectivity index (χ1n) is 43.1. The van der Waals surface area contributed by atoms with E-state index in [1.54, 1.807) is 102 Å². The number of hydrogen-bond acceptors (Lipinski definition) is 27. The van der Waals surface area contributed by atoms with Gasteiger partial charge in [-0.3, -0.25) is 0 Å². The van der Waals surface area contributed by atoms with E-state index in [9.17, 15) is 4.79 Å². The average Bonchev–Trinajstić information content (AvgIpc) is 1.70. The summed E-state index contributed by atoms with van der Waals surface area (Å²) in [6.07, 6.45) is 2.24. The summed E-state index contributed by atoms with van der Waals surface area (Å²) in [5, 5.41) is 86.1. The van der Waals surface area contributed by atoms with Gasteiger partial charge < -0.3 is 36.7 Å². The monoisotopic (exact) mass is 2600 g/mol. The molecule has 0 bridgehead atoms. The van der Waals surface area contributed by atoms with Gasteiger partial charge in [-0.25, -0.2) is 10.6 Å². The summed E-state index contributed by atoms with van der Waals surface area (Å²) in [4.78, 5) is 12.8. The molecule has 735 valence electrons. The molecule has 43 heteroatoms. The minimum atomic E-state index is -0.278. The molecule has 0 saturated carbocycles. The van der Waals surface area contributed by atoms with Crippen LogP contribution >= 0.6 is 146 Å². The molecule has 0 aliphatic rings. The predicted molar refractivity (Wildman–Crippen MR) is 612 cm³/mol. The molecule has 19 aromatic rings. The number of nitrogens with one attached hydrogen (secondary N) is 6. The third-order valence-corrected chi connectivity index (χ3v) is 16.3. The van der Waals surface area contributed by atoms with Crippen LogP contribution < -0.4 is 42.6 Å². The van der Waals surface area contributed by atoms with Crippen LogP contribution in [0.1, 0.15) is 123 Å². The number of aromatic nitrogens is 22. The summed E-state index contributed by atoms with van der Waals surface area (Å²) in [6, 6.07) is 99.2. The summed E-state index contributed by atoms with van der Waals surface area (Å²) >= 11 is 35.1. The zero-order chi connectivity index (χ0) is 101. The van der Waals surface area contributed by atoms with Crippen molar-refractivity contribution < 1.29 is 25.3 Å². The fourth-order valence-corrected chi connectivity index (χ4v) is 10.5. The summed E-state index contributed by atoms with van der Waals surface area (Å²) in [5.74, 6) is 8.79. The first-order chi connectivity index (χ1) is 67.5. The molecule has 32 nitrogen and oxygen atoms in total. The molecule has 0 fully saturated rings. The third-order valence-electron chi connectivity index (χ3n) is 15.5. The number of hydrogen-bond donors (Lipinski definition) is 7. The quantitative estimate of drug-likeness (QED) is 0.0165. The number of fused-ring (bicyclic) bond motifs is 5. The molecule has 0 radical (unpaired) electrons. The molecule has 8 aromatic carbocycles. The largest absolute Gasteiger partial charge is 0.323 e. The van der Waals surface area contributed by atoms with Crippen LogP contribution in [0.4, 0.5) is 69.7 Å². The van der Waals surface area contributed by atoms with E-state index in [0.29, 0.717) is 99.8 Å². The van der Waals surface area contributed by atoms with E-state index >= 15 is 0 Å². The van der Waals surface area contributed by atoms with Crippen molar-refractivity contribution in [3.63, 3.8) is 0 Å². The van der Waals surface area contributed by atoms with E-state index in [2.05, 4.69) is 255 Å². The van der Waals surface area contributed by atoms with Crippen molar-refractivity contribution in [2.24, 2.45) is 10.8 Å². The minimum Gasteiger partial charge on any atom is -0.323 e. The van der Waals surface area contributed by atoms with Gasteiger partial charge in [0.05, 0.1) is 18.5 Å². The average molecular weight is 2600 g/mol. The van der Waals surface area contributed by atoms with Gasteiger partial charge in [-0.15, -0.1) is 66.3 Å². The Balaban J connectivity index is 0.000000789. The molecule has 11 aromatic heterocycles. The smallest absolute Gasteiger partial charge is 0.250 e. The Bertz CT molecular complexity index is 6130. The number of ether oxygens (including phenoxy) is 1. The Hall–Kier alpha value is -10.5. The summed E-state index contributed by atoms with van der Waals surface area (Å²) in [7, 11) is 2.20. The van der Waals surface area contributed by atoms with Gasteiger partial charge in [0, 0.05) is 42.4 Å². The molecular weight excluding hydrogens is 2480 g/mol. The number of nitrogen functional groups attached to an aromatic ring is 1. The summed E-state index contributed by atoms with van der Waals surface area (Å²) < 4.78 is 13.1. The van der Waals surface area contributed by atoms with Gasteiger partial charge >= 0.3 is 114 Å². The zero-order valence-corrected chi connectivity index (χ0v) is 95.3. The van der Waals surface area contributed by atoms with Crippen molar-refractivity contribution in [1.29, 1.82) is 0 Å². The maximum absolute atomic E-state index is 9.68. The van der Waals surface area contributed by atoms with Crippen molar-refractivity contribution in [2.75, 3.05) is 39.1 Å². The number of aliphatic imine (C=N–C) groups is 1. The maximum Gasteiger partial charge on any atom is 0.250 e. The molecule has 11 heterocycles. The van der Waals surface area contributed by atoms with Crippen LogP contribution in [-0.4, -0.2) is 122 Å². The van der Waals surface area contributed by atoms with Crippen LogP contribution in [0, 0.1) is 6.92 Å². The predicted octanol–water partition coefficient (Wildman–Crippen LogP) is 29.5. The minimum absolute atomic E-state index is 0. The van der Waals surface area contributed by atoms with E-state index in [1.807, 2.05) is 315 Å². The molecule has 0 saturated heterocycles. The second-order valence-corrected chi connectivity index (χ2v) is 72.8. The van der Waals surface area contributed by atoms with Gasteiger partial charge in [-0.05, 0) is 152 Å². The van der Waals surface area contributed by atoms with Crippen molar-refractivity contribution in [1.82, 2.24) is 109 Å². The van der Waals surface area contributed by atoms with Gasteiger partial charge in [0.2, 0.25) is 35.8 Å². The number of halogens is 9. The van der Waals surface area contributed by atoms with Gasteiger partial charge in [-0.2, -0.15) is 48.0 Å². The van der Waals surface area contributed by atoms with E-state index in [4.69, 9.17) is 57.0 Å². The molecule has 8 N–H and O–H groups in total. The molecule has 0 amide bonds. The van der Waals surface area contributed by atoms with Crippen molar-refractivity contribution in [2.45, 2.75) is 118 Å². The third kappa shape index (κ3) is 48.0. The zero-order valence-electron chi connectivity index (χ0n) is 78.7. The molecule has 0 aliphatic carbocycles. The van der Waals surface area contributed by atoms with Gasteiger partial charge in [0.15, 0.2) is 39.2 Å². The number of carbonyl (C=O) groups excluding carboxylic acids is 1. The number of nitrogens with two attached hydrogens (primary N) is 1. The number of para-hydroxylation sites is 6. The maximum atomic E-state index is 9.68. The van der Waals surface area contributed by atoms with Gasteiger partial charge in [0.1, 0.15) is 15.5 Å². The second kappa shape index (κ2) is 77.3. The second-order valence-electron chi connectivity index (χ2n) is 24.1. The normalized spacial score (nSPS) is 9.26. The number of hydrazine groups is 1. The van der Waals surface area contributed by atoms with Crippen LogP contribution in [-0.2, 0) is 25.6 Å². The molecule has 0 spiro atoms. The van der Waals surface area contributed by atoms with Crippen molar-refractivity contribution >= 4 is 250 Å². The number of anilines is 11. The van der Waals surface area contributed by atoms with Crippen LogP contribution in [0.25, 0.3) is 28.2 Å². The number of aryl methyl sites for hydroxylation is 1. The molecule has 139 heavy (non-hydrogen) atoms. The fraction of sp³-hybridized carbons (Fsp3) is 0.188. The van der Waals surface area contributed by atoms with E-state index in [0.717, 1.165) is 46.2 Å². The molecule has 0 unspecified atom stereocenters. The van der Waals surface area contributed by atoms with Crippen LogP contribution in [0.5, 0.6) is 5.88 Å². The van der Waals surface area contributed by atoms with E-state index in [-0.39, 0.29) is 13.8 Å². The van der Waals surface area contributed by atoms with E-state index < -0.39 is 0 Å². The van der Waals surface area contributed by atoms with Crippen molar-refractivity contribution in [3.05, 3.63) is 353 Å². The van der Waals surface area contributed by atoms with Gasteiger partial charge in [-0.1, -0.05) is 326 Å². The summed E-state index contributed by atoms with van der Waals surface area (Å²) in [6.45, 7) is 30.1. The van der Waals surface area contributed by atoms with Crippen LogP contribution in [0.2, 0.25) is 20.6 Å². The number of isocyanates is 1. The Kier molecular flexibility index (Phi) is 69.3.